The second-order valence-electron chi connectivity index (χ2n) is 6.09. The molecule has 1 heterocycles. The summed E-state index contributed by atoms with van der Waals surface area (Å²) < 4.78 is 0. The first kappa shape index (κ1) is 15.9. The quantitative estimate of drug-likeness (QED) is 0.493. The smallest absolute Gasteiger partial charge is 0.0545 e. The third-order valence-corrected chi connectivity index (χ3v) is 7.22. The third kappa shape index (κ3) is 4.22. The van der Waals surface area contributed by atoms with Crippen LogP contribution in [0.3, 0.4) is 0 Å². The lowest BCUT2D eigenvalue weighted by atomic mass is 9.69. The van der Waals surface area contributed by atoms with Gasteiger partial charge in [0.1, 0.15) is 0 Å². The van der Waals surface area contributed by atoms with E-state index >= 15 is 0 Å². The van der Waals surface area contributed by atoms with Crippen molar-refractivity contribution in [3.8, 4) is 0 Å². The van der Waals surface area contributed by atoms with Crippen LogP contribution in [0.25, 0.3) is 0 Å². The van der Waals surface area contributed by atoms with Crippen molar-refractivity contribution < 1.29 is 0 Å². The number of hydrogen-bond donors (Lipinski definition) is 0. The molecule has 0 aliphatic heterocycles. The fourth-order valence-electron chi connectivity index (χ4n) is 3.22. The Morgan fingerprint density at radius 3 is 2.68 bits per heavy atom. The molecule has 0 saturated heterocycles. The van der Waals surface area contributed by atoms with E-state index in [9.17, 15) is 0 Å². The zero-order valence-corrected chi connectivity index (χ0v) is 14.9. The lowest BCUT2D eigenvalue weighted by Gasteiger charge is -2.39. The second kappa shape index (κ2) is 7.47. The number of hydrogen-bond acceptors (Lipinski definition) is 1. The molecule has 0 aromatic carbocycles. The van der Waals surface area contributed by atoms with Crippen LogP contribution in [-0.4, -0.2) is 5.33 Å². The van der Waals surface area contributed by atoms with Gasteiger partial charge < -0.3 is 0 Å². The Kier molecular flexibility index (Phi) is 6.23. The zero-order valence-electron chi connectivity index (χ0n) is 11.8. The number of thiophene rings is 1. The van der Waals surface area contributed by atoms with E-state index in [1.54, 1.807) is 0 Å². The predicted molar refractivity (Wildman–Crippen MR) is 90.7 cm³/mol. The summed E-state index contributed by atoms with van der Waals surface area (Å²) in [4.78, 5) is 1.38. The number of alkyl halides is 1. The third-order valence-electron chi connectivity index (χ3n) is 4.64. The molecular weight excluding hydrogens is 340 g/mol. The van der Waals surface area contributed by atoms with E-state index in [1.807, 2.05) is 17.4 Å². The molecule has 0 radical (unpaired) electrons. The number of rotatable bonds is 6. The Bertz CT molecular complexity index is 380. The van der Waals surface area contributed by atoms with Crippen molar-refractivity contribution >= 4 is 38.9 Å². The Balaban J connectivity index is 1.92. The van der Waals surface area contributed by atoms with Crippen molar-refractivity contribution in [1.82, 2.24) is 0 Å². The molecule has 1 aromatic rings. The standard InChI is InChI=1S/C16H24BrClS/c1-2-3-4-13-5-8-16(12-17,9-6-13)11-15-14(18)7-10-19-15/h7,10,13H,2-6,8-9,11-12H2,1H3. The Hall–Kier alpha value is 0.470. The Morgan fingerprint density at radius 2 is 2.16 bits per heavy atom. The Morgan fingerprint density at radius 1 is 1.42 bits per heavy atom. The largest absolute Gasteiger partial charge is 0.147 e. The average Bonchev–Trinajstić information content (AvgIpc) is 2.83. The molecule has 0 spiro atoms. The summed E-state index contributed by atoms with van der Waals surface area (Å²) in [5.41, 5.74) is 0.456. The maximum absolute atomic E-state index is 6.27. The molecule has 3 heteroatoms. The molecule has 0 unspecified atom stereocenters. The molecule has 0 N–H and O–H groups in total. The fourth-order valence-corrected chi connectivity index (χ4v) is 5.26. The van der Waals surface area contributed by atoms with Crippen LogP contribution in [0, 0.1) is 11.3 Å². The summed E-state index contributed by atoms with van der Waals surface area (Å²) >= 11 is 11.9. The number of unbranched alkanes of at least 4 members (excludes halogenated alkanes) is 1. The van der Waals surface area contributed by atoms with Gasteiger partial charge in [-0.25, -0.2) is 0 Å². The monoisotopic (exact) mass is 362 g/mol. The maximum Gasteiger partial charge on any atom is 0.0545 e. The molecule has 0 nitrogen and oxygen atoms in total. The summed E-state index contributed by atoms with van der Waals surface area (Å²) in [6.45, 7) is 2.30. The van der Waals surface area contributed by atoms with Gasteiger partial charge in [0.15, 0.2) is 0 Å². The fraction of sp³-hybridized carbons (Fsp3) is 0.750. The highest BCUT2D eigenvalue weighted by molar-refractivity contribution is 9.09. The highest BCUT2D eigenvalue weighted by Gasteiger charge is 2.35. The lowest BCUT2D eigenvalue weighted by Crippen LogP contribution is -2.31. The molecule has 19 heavy (non-hydrogen) atoms. The van der Waals surface area contributed by atoms with Gasteiger partial charge >= 0.3 is 0 Å². The molecule has 1 aromatic heterocycles. The molecule has 108 valence electrons. The minimum atomic E-state index is 0.456. The van der Waals surface area contributed by atoms with Crippen molar-refractivity contribution in [2.24, 2.45) is 11.3 Å². The first-order chi connectivity index (χ1) is 9.19. The van der Waals surface area contributed by atoms with Gasteiger partial charge in [0.05, 0.1) is 5.02 Å². The van der Waals surface area contributed by atoms with Crippen molar-refractivity contribution in [2.75, 3.05) is 5.33 Å². The summed E-state index contributed by atoms with van der Waals surface area (Å²) in [6.07, 6.45) is 10.9. The van der Waals surface area contributed by atoms with Crippen molar-refractivity contribution in [1.29, 1.82) is 0 Å². The van der Waals surface area contributed by atoms with Gasteiger partial charge in [0, 0.05) is 10.2 Å². The van der Waals surface area contributed by atoms with Crippen molar-refractivity contribution in [2.45, 2.75) is 58.3 Å². The molecule has 0 atom stereocenters. The van der Waals surface area contributed by atoms with Crippen LogP contribution < -0.4 is 0 Å². The van der Waals surface area contributed by atoms with E-state index in [2.05, 4.69) is 28.2 Å². The Labute approximate surface area is 135 Å². The van der Waals surface area contributed by atoms with Gasteiger partial charge in [-0.1, -0.05) is 53.7 Å². The van der Waals surface area contributed by atoms with Crippen molar-refractivity contribution in [3.05, 3.63) is 21.3 Å². The van der Waals surface area contributed by atoms with Crippen LogP contribution >= 0.6 is 38.9 Å². The van der Waals surface area contributed by atoms with Gasteiger partial charge in [0.2, 0.25) is 0 Å². The van der Waals surface area contributed by atoms with Gasteiger partial charge in [-0.3, -0.25) is 0 Å². The zero-order chi connectivity index (χ0) is 13.7. The number of halogens is 2. The molecule has 2 rings (SSSR count). The molecule has 0 amide bonds. The predicted octanol–water partition coefficient (Wildman–Crippen LogP) is 6.71. The summed E-state index contributed by atoms with van der Waals surface area (Å²) in [7, 11) is 0. The maximum atomic E-state index is 6.27. The molecule has 1 aliphatic rings. The molecule has 1 aliphatic carbocycles. The first-order valence-electron chi connectivity index (χ1n) is 7.47. The van der Waals surface area contributed by atoms with E-state index in [0.717, 1.165) is 22.7 Å². The molecule has 1 fully saturated rings. The molecule has 0 bridgehead atoms. The van der Waals surface area contributed by atoms with Crippen LogP contribution in [0.4, 0.5) is 0 Å². The summed E-state index contributed by atoms with van der Waals surface area (Å²) in [6, 6.07) is 2.04. The highest BCUT2D eigenvalue weighted by Crippen LogP contribution is 2.45. The van der Waals surface area contributed by atoms with Gasteiger partial charge in [-0.15, -0.1) is 11.3 Å². The molecule has 1 saturated carbocycles. The second-order valence-corrected chi connectivity index (χ2v) is 8.06. The SMILES string of the molecule is CCCCC1CCC(CBr)(Cc2sccc2Cl)CC1. The van der Waals surface area contributed by atoms with E-state index in [4.69, 9.17) is 11.6 Å². The summed E-state index contributed by atoms with van der Waals surface area (Å²) in [5, 5.41) is 4.21. The van der Waals surface area contributed by atoms with E-state index in [1.165, 1.54) is 49.8 Å². The van der Waals surface area contributed by atoms with E-state index in [0.29, 0.717) is 5.41 Å². The van der Waals surface area contributed by atoms with Crippen molar-refractivity contribution in [3.63, 3.8) is 0 Å². The van der Waals surface area contributed by atoms with Crippen LogP contribution in [0.5, 0.6) is 0 Å². The normalized spacial score (nSPS) is 27.6. The van der Waals surface area contributed by atoms with Crippen LogP contribution in [0.1, 0.15) is 56.7 Å². The molecular formula is C16H24BrClS. The van der Waals surface area contributed by atoms with Crippen LogP contribution in [-0.2, 0) is 6.42 Å². The minimum Gasteiger partial charge on any atom is -0.147 e. The first-order valence-corrected chi connectivity index (χ1v) is 9.85. The van der Waals surface area contributed by atoms with Crippen LogP contribution in [0.2, 0.25) is 5.02 Å². The van der Waals surface area contributed by atoms with Crippen LogP contribution in [0.15, 0.2) is 11.4 Å². The van der Waals surface area contributed by atoms with Gasteiger partial charge in [-0.05, 0) is 54.9 Å². The van der Waals surface area contributed by atoms with E-state index in [-0.39, 0.29) is 0 Å². The minimum absolute atomic E-state index is 0.456. The topological polar surface area (TPSA) is 0 Å². The van der Waals surface area contributed by atoms with E-state index < -0.39 is 0 Å². The van der Waals surface area contributed by atoms with Gasteiger partial charge in [0.25, 0.3) is 0 Å². The average molecular weight is 364 g/mol. The summed E-state index contributed by atoms with van der Waals surface area (Å²) in [5.74, 6) is 0.978. The van der Waals surface area contributed by atoms with Gasteiger partial charge in [-0.2, -0.15) is 0 Å². The highest BCUT2D eigenvalue weighted by atomic mass is 79.9. The lowest BCUT2D eigenvalue weighted by molar-refractivity contribution is 0.169.